The molecule has 0 amide bonds. The maximum atomic E-state index is 2.40. The summed E-state index contributed by atoms with van der Waals surface area (Å²) in [5.41, 5.74) is 13.5. The lowest BCUT2D eigenvalue weighted by Crippen LogP contribution is -2.30. The Morgan fingerprint density at radius 1 is 0.467 bits per heavy atom. The molecule has 1 aromatic heterocycles. The fourth-order valence-electron chi connectivity index (χ4n) is 8.09. The van der Waals surface area contributed by atoms with Crippen LogP contribution in [0, 0.1) is 11.8 Å². The topological polar surface area (TPSA) is 0 Å². The molecule has 0 spiro atoms. The summed E-state index contributed by atoms with van der Waals surface area (Å²) in [7, 11) is 0. The lowest BCUT2D eigenvalue weighted by Gasteiger charge is -2.42. The van der Waals surface area contributed by atoms with Crippen molar-refractivity contribution in [3.63, 3.8) is 0 Å². The van der Waals surface area contributed by atoms with Crippen molar-refractivity contribution in [2.24, 2.45) is 11.8 Å². The maximum Gasteiger partial charge on any atom is 0.0361 e. The first kappa shape index (κ1) is 25.1. The second-order valence-electron chi connectivity index (χ2n) is 12.4. The fourth-order valence-corrected chi connectivity index (χ4v) is 9.22. The molecule has 2 atom stereocenters. The highest BCUT2D eigenvalue weighted by atomic mass is 32.1. The van der Waals surface area contributed by atoms with Gasteiger partial charge < -0.3 is 0 Å². The van der Waals surface area contributed by atoms with Crippen LogP contribution in [0.4, 0.5) is 0 Å². The molecule has 1 heterocycles. The van der Waals surface area contributed by atoms with E-state index >= 15 is 0 Å². The third-order valence-corrected chi connectivity index (χ3v) is 11.3. The van der Waals surface area contributed by atoms with Crippen LogP contribution in [0.2, 0.25) is 0 Å². The van der Waals surface area contributed by atoms with Crippen molar-refractivity contribution in [3.8, 4) is 11.1 Å². The zero-order chi connectivity index (χ0) is 29.5. The van der Waals surface area contributed by atoms with Gasteiger partial charge in [0.2, 0.25) is 0 Å². The first-order valence-corrected chi connectivity index (χ1v) is 16.6. The molecule has 0 radical (unpaired) electrons. The van der Waals surface area contributed by atoms with E-state index in [-0.39, 0.29) is 0 Å². The first-order chi connectivity index (χ1) is 22.3. The van der Waals surface area contributed by atoms with E-state index in [1.165, 1.54) is 86.6 Å². The number of hydrogen-bond donors (Lipinski definition) is 0. The highest BCUT2D eigenvalue weighted by Gasteiger charge is 2.40. The van der Waals surface area contributed by atoms with Gasteiger partial charge in [-0.2, -0.15) is 0 Å². The van der Waals surface area contributed by atoms with Crippen LogP contribution in [0.25, 0.3) is 53.2 Å². The summed E-state index contributed by atoms with van der Waals surface area (Å²) < 4.78 is 2.71. The SMILES string of the molecule is C1=CC2=C(c3ccc(-c4cccc5ccccc45)cc3)C=CC3=CC=C4C(c5cccc6sc7ccccc7c56)=CC=C1C4C32. The second-order valence-corrected chi connectivity index (χ2v) is 13.5. The predicted octanol–water partition coefficient (Wildman–Crippen LogP) is 11.9. The zero-order valence-electron chi connectivity index (χ0n) is 24.6. The van der Waals surface area contributed by atoms with Gasteiger partial charge in [0.25, 0.3) is 0 Å². The predicted molar refractivity (Wildman–Crippen MR) is 193 cm³/mol. The maximum absolute atomic E-state index is 2.40. The molecular weight excluding hydrogens is 561 g/mol. The molecule has 0 fully saturated rings. The van der Waals surface area contributed by atoms with Crippen molar-refractivity contribution >= 4 is 53.4 Å². The third-order valence-electron chi connectivity index (χ3n) is 10.1. The van der Waals surface area contributed by atoms with E-state index in [1.54, 1.807) is 0 Å². The molecule has 4 aliphatic carbocycles. The fraction of sp³-hybridized carbons (Fsp3) is 0.0455. The van der Waals surface area contributed by atoms with E-state index in [9.17, 15) is 0 Å². The molecule has 210 valence electrons. The van der Waals surface area contributed by atoms with Crippen LogP contribution in [0.5, 0.6) is 0 Å². The van der Waals surface area contributed by atoms with Gasteiger partial charge in [0, 0.05) is 32.0 Å². The van der Waals surface area contributed by atoms with E-state index in [0.29, 0.717) is 11.8 Å². The lowest BCUT2D eigenvalue weighted by atomic mass is 9.61. The van der Waals surface area contributed by atoms with Gasteiger partial charge in [-0.1, -0.05) is 146 Å². The van der Waals surface area contributed by atoms with Gasteiger partial charge in [-0.15, -0.1) is 11.3 Å². The van der Waals surface area contributed by atoms with Gasteiger partial charge in [-0.05, 0) is 78.6 Å². The summed E-state index contributed by atoms with van der Waals surface area (Å²) in [6.07, 6.45) is 18.9. The van der Waals surface area contributed by atoms with Gasteiger partial charge in [-0.3, -0.25) is 0 Å². The molecule has 6 aromatic rings. The average Bonchev–Trinajstić information content (AvgIpc) is 3.49. The molecule has 4 aliphatic rings. The molecular formula is C44H28S. The Balaban J connectivity index is 1.07. The number of rotatable bonds is 3. The van der Waals surface area contributed by atoms with Crippen molar-refractivity contribution in [1.29, 1.82) is 0 Å². The molecule has 1 heteroatoms. The van der Waals surface area contributed by atoms with E-state index in [4.69, 9.17) is 0 Å². The van der Waals surface area contributed by atoms with Crippen molar-refractivity contribution in [2.45, 2.75) is 0 Å². The van der Waals surface area contributed by atoms with Crippen LogP contribution in [-0.2, 0) is 0 Å². The smallest absolute Gasteiger partial charge is 0.0361 e. The van der Waals surface area contributed by atoms with E-state index in [1.807, 2.05) is 11.3 Å². The van der Waals surface area contributed by atoms with Crippen LogP contribution >= 0.6 is 11.3 Å². The summed E-state index contributed by atoms with van der Waals surface area (Å²) in [5, 5.41) is 5.32. The Hall–Kier alpha value is -5.24. The molecule has 0 nitrogen and oxygen atoms in total. The van der Waals surface area contributed by atoms with Gasteiger partial charge >= 0.3 is 0 Å². The summed E-state index contributed by atoms with van der Waals surface area (Å²) in [5.74, 6) is 0.640. The number of benzene rings is 5. The highest BCUT2D eigenvalue weighted by Crippen LogP contribution is 2.54. The molecule has 45 heavy (non-hydrogen) atoms. The van der Waals surface area contributed by atoms with Crippen molar-refractivity contribution in [2.75, 3.05) is 0 Å². The van der Waals surface area contributed by atoms with Crippen LogP contribution in [0.15, 0.2) is 180 Å². The Labute approximate surface area is 266 Å². The molecule has 0 saturated carbocycles. The second kappa shape index (κ2) is 9.63. The van der Waals surface area contributed by atoms with Gasteiger partial charge in [0.1, 0.15) is 0 Å². The summed E-state index contributed by atoms with van der Waals surface area (Å²) >= 11 is 1.90. The molecule has 0 N–H and O–H groups in total. The minimum Gasteiger partial charge on any atom is -0.135 e. The Bertz CT molecular complexity index is 2460. The van der Waals surface area contributed by atoms with Crippen LogP contribution in [0.1, 0.15) is 11.1 Å². The standard InChI is InChI=1S/C44H28S/c1-2-9-32-27(7-1)8-5-11-33(32)28-15-17-29(18-16-28)34-23-19-30-22-26-38-35(24-20-31-21-25-37(34)42(30)43(31)38)36-12-6-14-41-44(36)39-10-3-4-13-40(39)45-41/h1-26,42-43H. The van der Waals surface area contributed by atoms with Crippen LogP contribution < -0.4 is 0 Å². The number of hydrogen-bond acceptors (Lipinski definition) is 1. The highest BCUT2D eigenvalue weighted by molar-refractivity contribution is 7.25. The van der Waals surface area contributed by atoms with Gasteiger partial charge in [0.15, 0.2) is 0 Å². The summed E-state index contributed by atoms with van der Waals surface area (Å²) in [6.45, 7) is 0. The first-order valence-electron chi connectivity index (χ1n) is 15.8. The average molecular weight is 589 g/mol. The Kier molecular flexibility index (Phi) is 5.38. The molecule has 5 aromatic carbocycles. The monoisotopic (exact) mass is 588 g/mol. The number of allylic oxidation sites excluding steroid dienone is 14. The molecule has 0 bridgehead atoms. The van der Waals surface area contributed by atoms with Crippen molar-refractivity contribution in [1.82, 2.24) is 0 Å². The van der Waals surface area contributed by atoms with Crippen molar-refractivity contribution < 1.29 is 0 Å². The number of thiophene rings is 1. The van der Waals surface area contributed by atoms with Crippen LogP contribution in [-0.4, -0.2) is 0 Å². The zero-order valence-corrected chi connectivity index (χ0v) is 25.4. The molecule has 0 aliphatic heterocycles. The van der Waals surface area contributed by atoms with Gasteiger partial charge in [-0.25, -0.2) is 0 Å². The lowest BCUT2D eigenvalue weighted by molar-refractivity contribution is 0.569. The van der Waals surface area contributed by atoms with Crippen molar-refractivity contribution in [3.05, 3.63) is 191 Å². The minimum atomic E-state index is 0.320. The quantitative estimate of drug-likeness (QED) is 0.193. The van der Waals surface area contributed by atoms with E-state index in [2.05, 4.69) is 158 Å². The summed E-state index contributed by atoms with van der Waals surface area (Å²) in [4.78, 5) is 0. The van der Waals surface area contributed by atoms with Gasteiger partial charge in [0.05, 0.1) is 0 Å². The normalized spacial score (nSPS) is 19.8. The third kappa shape index (κ3) is 3.71. The number of fused-ring (bicyclic) bond motifs is 4. The minimum absolute atomic E-state index is 0.320. The molecule has 2 unspecified atom stereocenters. The molecule has 0 saturated heterocycles. The van der Waals surface area contributed by atoms with Crippen LogP contribution in [0.3, 0.4) is 0 Å². The summed E-state index contributed by atoms with van der Waals surface area (Å²) in [6, 6.07) is 40.1. The van der Waals surface area contributed by atoms with E-state index < -0.39 is 0 Å². The Morgan fingerprint density at radius 2 is 1.16 bits per heavy atom. The van der Waals surface area contributed by atoms with E-state index in [0.717, 1.165) is 0 Å². The Morgan fingerprint density at radius 3 is 2.09 bits per heavy atom. The largest absolute Gasteiger partial charge is 0.135 e. The molecule has 10 rings (SSSR count).